The molecule has 5 nitrogen and oxygen atoms in total. The molecule has 0 saturated carbocycles. The summed E-state index contributed by atoms with van der Waals surface area (Å²) in [6, 6.07) is 5.28. The van der Waals surface area contributed by atoms with E-state index in [0.717, 1.165) is 9.75 Å². The van der Waals surface area contributed by atoms with E-state index in [1.54, 1.807) is 11.3 Å². The second kappa shape index (κ2) is 5.58. The highest BCUT2D eigenvalue weighted by Gasteiger charge is 2.18. The van der Waals surface area contributed by atoms with Gasteiger partial charge in [0.2, 0.25) is 10.0 Å². The Bertz CT molecular complexity index is 698. The van der Waals surface area contributed by atoms with Gasteiger partial charge in [-0.3, -0.25) is 0 Å². The summed E-state index contributed by atoms with van der Waals surface area (Å²) in [4.78, 5) is 5.88. The van der Waals surface area contributed by atoms with Crippen molar-refractivity contribution in [2.45, 2.75) is 18.4 Å². The van der Waals surface area contributed by atoms with Crippen LogP contribution in [0, 0.1) is 6.92 Å². The fourth-order valence-corrected chi connectivity index (χ4v) is 3.99. The summed E-state index contributed by atoms with van der Waals surface area (Å²) in [6.45, 7) is 2.21. The number of hydrogen-bond acceptors (Lipinski definition) is 5. The molecule has 2 aromatic rings. The Morgan fingerprint density at radius 3 is 2.84 bits per heavy atom. The van der Waals surface area contributed by atoms with Crippen molar-refractivity contribution in [3.63, 3.8) is 0 Å². The van der Waals surface area contributed by atoms with Gasteiger partial charge in [0.05, 0.1) is 0 Å². The molecule has 2 aromatic heterocycles. The maximum Gasteiger partial charge on any atom is 0.244 e. The highest BCUT2D eigenvalue weighted by molar-refractivity contribution is 9.10. The van der Waals surface area contributed by atoms with E-state index >= 15 is 0 Å². The lowest BCUT2D eigenvalue weighted by molar-refractivity contribution is 0.582. The molecule has 0 aliphatic rings. The van der Waals surface area contributed by atoms with Crippen LogP contribution < -0.4 is 10.5 Å². The third-order valence-corrected chi connectivity index (χ3v) is 5.24. The number of pyridine rings is 1. The normalized spacial score (nSPS) is 11.7. The summed E-state index contributed by atoms with van der Waals surface area (Å²) in [7, 11) is -3.66. The van der Waals surface area contributed by atoms with E-state index in [2.05, 4.69) is 25.6 Å². The van der Waals surface area contributed by atoms with Gasteiger partial charge in [-0.1, -0.05) is 0 Å². The molecule has 2 heterocycles. The number of anilines is 1. The molecule has 0 amide bonds. The van der Waals surface area contributed by atoms with Crippen molar-refractivity contribution in [2.24, 2.45) is 0 Å². The number of aromatic nitrogens is 1. The van der Waals surface area contributed by atoms with E-state index in [1.165, 1.54) is 12.3 Å². The summed E-state index contributed by atoms with van der Waals surface area (Å²) >= 11 is 4.73. The first kappa shape index (κ1) is 14.4. The molecule has 0 radical (unpaired) electrons. The van der Waals surface area contributed by atoms with Gasteiger partial charge in [0, 0.05) is 27.0 Å². The van der Waals surface area contributed by atoms with Crippen LogP contribution in [0.15, 0.2) is 33.8 Å². The number of halogens is 1. The molecule has 2 rings (SSSR count). The lowest BCUT2D eigenvalue weighted by Crippen LogP contribution is -2.24. The molecule has 102 valence electrons. The lowest BCUT2D eigenvalue weighted by Gasteiger charge is -2.08. The Morgan fingerprint density at radius 2 is 2.21 bits per heavy atom. The summed E-state index contributed by atoms with van der Waals surface area (Å²) < 4.78 is 27.4. The van der Waals surface area contributed by atoms with Crippen molar-refractivity contribution in [2.75, 3.05) is 5.73 Å². The van der Waals surface area contributed by atoms with Crippen LogP contribution >= 0.6 is 27.3 Å². The monoisotopic (exact) mass is 361 g/mol. The first-order valence-corrected chi connectivity index (χ1v) is 8.44. The average Bonchev–Trinajstić information content (AvgIpc) is 2.76. The Balaban J connectivity index is 2.20. The standard InChI is InChI=1S/C11H12BrN3O2S2/c1-7-2-3-9(18-7)6-15-19(16,17)10-4-8(12)5-14-11(10)13/h2-5,15H,6H2,1H3,(H2,13,14). The highest BCUT2D eigenvalue weighted by atomic mass is 79.9. The number of rotatable bonds is 4. The first-order valence-electron chi connectivity index (χ1n) is 5.34. The topological polar surface area (TPSA) is 85.1 Å². The molecule has 0 bridgehead atoms. The zero-order valence-corrected chi connectivity index (χ0v) is 13.3. The fourth-order valence-electron chi connectivity index (χ4n) is 1.47. The molecule has 0 spiro atoms. The molecule has 3 N–H and O–H groups in total. The minimum atomic E-state index is -3.66. The molecule has 0 aromatic carbocycles. The molecule has 0 unspecified atom stereocenters. The van der Waals surface area contributed by atoms with E-state index in [9.17, 15) is 8.42 Å². The zero-order chi connectivity index (χ0) is 14.0. The number of nitrogens with one attached hydrogen (secondary N) is 1. The average molecular weight is 362 g/mol. The molecule has 0 aliphatic carbocycles. The Kier molecular flexibility index (Phi) is 4.24. The SMILES string of the molecule is Cc1ccc(CNS(=O)(=O)c2cc(Br)cnc2N)s1. The van der Waals surface area contributed by atoms with Crippen LogP contribution in [-0.4, -0.2) is 13.4 Å². The van der Waals surface area contributed by atoms with Gasteiger partial charge in [-0.2, -0.15) is 0 Å². The maximum atomic E-state index is 12.1. The smallest absolute Gasteiger partial charge is 0.244 e. The number of hydrogen-bond donors (Lipinski definition) is 2. The maximum absolute atomic E-state index is 12.1. The molecule has 0 saturated heterocycles. The lowest BCUT2D eigenvalue weighted by atomic mass is 10.4. The second-order valence-corrected chi connectivity index (χ2v) is 7.90. The van der Waals surface area contributed by atoms with E-state index in [-0.39, 0.29) is 17.3 Å². The van der Waals surface area contributed by atoms with Crippen molar-refractivity contribution in [1.29, 1.82) is 0 Å². The molecular weight excluding hydrogens is 350 g/mol. The van der Waals surface area contributed by atoms with Gasteiger partial charge in [0.15, 0.2) is 0 Å². The molecular formula is C11H12BrN3O2S2. The van der Waals surface area contributed by atoms with Crippen LogP contribution in [0.5, 0.6) is 0 Å². The van der Waals surface area contributed by atoms with Crippen LogP contribution in [0.3, 0.4) is 0 Å². The first-order chi connectivity index (χ1) is 8.88. The number of nitrogen functional groups attached to an aromatic ring is 1. The number of aryl methyl sites for hydroxylation is 1. The number of sulfonamides is 1. The number of thiophene rings is 1. The predicted molar refractivity (Wildman–Crippen MR) is 79.4 cm³/mol. The fraction of sp³-hybridized carbons (Fsp3) is 0.182. The molecule has 8 heteroatoms. The third-order valence-electron chi connectivity index (χ3n) is 2.37. The molecule has 0 atom stereocenters. The number of nitrogens with zero attached hydrogens (tertiary/aromatic N) is 1. The Labute approximate surface area is 124 Å². The van der Waals surface area contributed by atoms with Crippen molar-refractivity contribution in [3.8, 4) is 0 Å². The van der Waals surface area contributed by atoms with Crippen LogP contribution in [0.4, 0.5) is 5.82 Å². The second-order valence-electron chi connectivity index (χ2n) is 3.87. The van der Waals surface area contributed by atoms with Crippen molar-refractivity contribution in [3.05, 3.63) is 38.6 Å². The third kappa shape index (κ3) is 3.53. The van der Waals surface area contributed by atoms with Gasteiger partial charge in [0.25, 0.3) is 0 Å². The Morgan fingerprint density at radius 1 is 1.47 bits per heavy atom. The van der Waals surface area contributed by atoms with Gasteiger partial charge in [-0.25, -0.2) is 18.1 Å². The summed E-state index contributed by atoms with van der Waals surface area (Å²) in [5.74, 6) is -0.0157. The van der Waals surface area contributed by atoms with Crippen LogP contribution in [0.1, 0.15) is 9.75 Å². The van der Waals surface area contributed by atoms with E-state index in [4.69, 9.17) is 5.73 Å². The van der Waals surface area contributed by atoms with E-state index in [1.807, 2.05) is 19.1 Å². The van der Waals surface area contributed by atoms with Gasteiger partial charge in [-0.05, 0) is 41.1 Å². The van der Waals surface area contributed by atoms with Crippen molar-refractivity contribution in [1.82, 2.24) is 9.71 Å². The predicted octanol–water partition coefficient (Wildman–Crippen LogP) is 2.27. The van der Waals surface area contributed by atoms with Crippen LogP contribution in [0.25, 0.3) is 0 Å². The van der Waals surface area contributed by atoms with Crippen molar-refractivity contribution < 1.29 is 8.42 Å². The van der Waals surface area contributed by atoms with Gasteiger partial charge >= 0.3 is 0 Å². The highest BCUT2D eigenvalue weighted by Crippen LogP contribution is 2.21. The summed E-state index contributed by atoms with van der Waals surface area (Å²) in [5, 5.41) is 0. The molecule has 0 fully saturated rings. The van der Waals surface area contributed by atoms with Gasteiger partial charge in [0.1, 0.15) is 10.7 Å². The largest absolute Gasteiger partial charge is 0.383 e. The molecule has 0 aliphatic heterocycles. The van der Waals surface area contributed by atoms with Gasteiger partial charge < -0.3 is 5.73 Å². The summed E-state index contributed by atoms with van der Waals surface area (Å²) in [5.41, 5.74) is 5.60. The van der Waals surface area contributed by atoms with Crippen LogP contribution in [0.2, 0.25) is 0 Å². The zero-order valence-electron chi connectivity index (χ0n) is 10.1. The van der Waals surface area contributed by atoms with Crippen molar-refractivity contribution >= 4 is 43.1 Å². The summed E-state index contributed by atoms with van der Waals surface area (Å²) in [6.07, 6.45) is 1.46. The van der Waals surface area contributed by atoms with E-state index in [0.29, 0.717) is 4.47 Å². The van der Waals surface area contributed by atoms with Crippen LogP contribution in [-0.2, 0) is 16.6 Å². The van der Waals surface area contributed by atoms with E-state index < -0.39 is 10.0 Å². The minimum Gasteiger partial charge on any atom is -0.383 e. The quantitative estimate of drug-likeness (QED) is 0.874. The molecule has 19 heavy (non-hydrogen) atoms. The Hall–Kier alpha value is -0.960. The van der Waals surface area contributed by atoms with Gasteiger partial charge in [-0.15, -0.1) is 11.3 Å². The minimum absolute atomic E-state index is 0.0157. The number of nitrogens with two attached hydrogens (primary N) is 1.